The van der Waals surface area contributed by atoms with E-state index in [1.165, 1.54) is 55.7 Å². The van der Waals surface area contributed by atoms with Gasteiger partial charge in [0.1, 0.15) is 0 Å². The Morgan fingerprint density at radius 1 is 0.318 bits per heavy atom. The lowest BCUT2D eigenvalue weighted by Crippen LogP contribution is -2.15. The van der Waals surface area contributed by atoms with Crippen molar-refractivity contribution in [3.63, 3.8) is 0 Å². The molecule has 2 nitrogen and oxygen atoms in total. The van der Waals surface area contributed by atoms with Crippen molar-refractivity contribution in [3.05, 3.63) is 188 Å². The van der Waals surface area contributed by atoms with E-state index in [2.05, 4.69) is 188 Å². The first-order valence-corrected chi connectivity index (χ1v) is 16.2. The van der Waals surface area contributed by atoms with Gasteiger partial charge in [-0.3, -0.25) is 0 Å². The Labute approximate surface area is 274 Å². The summed E-state index contributed by atoms with van der Waals surface area (Å²) in [5.74, 6) is 0. The van der Waals surface area contributed by atoms with Gasteiger partial charge in [0, 0.05) is 31.5 Å². The van der Waals surface area contributed by atoms with Crippen LogP contribution in [-0.4, -0.2) is 0 Å². The van der Waals surface area contributed by atoms with Crippen LogP contribution in [0.4, 0.5) is 11.4 Å². The van der Waals surface area contributed by atoms with Crippen LogP contribution in [0.2, 0.25) is 0 Å². The van der Waals surface area contributed by atoms with E-state index < -0.39 is 0 Å². The van der Waals surface area contributed by atoms with E-state index in [-0.39, 0.29) is 0 Å². The van der Waals surface area contributed by atoms with E-state index in [0.29, 0.717) is 0 Å². The zero-order valence-electron chi connectivity index (χ0n) is 23.6. The molecule has 44 heavy (non-hydrogen) atoms. The van der Waals surface area contributed by atoms with Crippen molar-refractivity contribution in [3.8, 4) is 22.3 Å². The summed E-state index contributed by atoms with van der Waals surface area (Å²) in [5, 5.41) is 7.86. The van der Waals surface area contributed by atoms with Crippen LogP contribution >= 0.6 is 31.9 Å². The summed E-state index contributed by atoms with van der Waals surface area (Å²) < 4.78 is 2.08. The quantitative estimate of drug-likeness (QED) is 0.187. The van der Waals surface area contributed by atoms with Gasteiger partial charge >= 0.3 is 0 Å². The monoisotopic (exact) mass is 692 g/mol. The van der Waals surface area contributed by atoms with Crippen LogP contribution in [0.1, 0.15) is 22.3 Å². The fourth-order valence-electron chi connectivity index (χ4n) is 6.43. The van der Waals surface area contributed by atoms with Crippen molar-refractivity contribution < 1.29 is 0 Å². The maximum Gasteiger partial charge on any atom is 0.0716 e. The van der Waals surface area contributed by atoms with Gasteiger partial charge in [-0.1, -0.05) is 129 Å². The van der Waals surface area contributed by atoms with Crippen molar-refractivity contribution in [1.82, 2.24) is 0 Å². The molecule has 0 radical (unpaired) electrons. The third-order valence-corrected chi connectivity index (χ3v) is 9.40. The number of rotatable bonds is 5. The molecule has 4 heteroatoms. The highest BCUT2D eigenvalue weighted by Gasteiger charge is 2.32. The van der Waals surface area contributed by atoms with Gasteiger partial charge in [-0.2, -0.15) is 0 Å². The first kappa shape index (κ1) is 26.9. The fourth-order valence-corrected chi connectivity index (χ4v) is 6.96. The van der Waals surface area contributed by atoms with Crippen LogP contribution in [0.3, 0.4) is 0 Å². The molecular formula is C40H26Br2N2. The molecule has 0 bridgehead atoms. The van der Waals surface area contributed by atoms with Crippen molar-refractivity contribution in [2.75, 3.05) is 10.6 Å². The number of hydrogen-bond acceptors (Lipinski definition) is 2. The third kappa shape index (κ3) is 4.62. The van der Waals surface area contributed by atoms with Gasteiger partial charge in [-0.15, -0.1) is 0 Å². The second kappa shape index (κ2) is 11.1. The maximum atomic E-state index is 3.93. The molecule has 0 amide bonds. The summed E-state index contributed by atoms with van der Waals surface area (Å²) in [6, 6.07) is 51.7. The number of hydrogen-bond donors (Lipinski definition) is 2. The highest BCUT2D eigenvalue weighted by Crippen LogP contribution is 2.51. The van der Waals surface area contributed by atoms with Crippen LogP contribution in [0.5, 0.6) is 0 Å². The minimum absolute atomic E-state index is 1.01. The van der Waals surface area contributed by atoms with Crippen molar-refractivity contribution in [2.24, 2.45) is 0 Å². The van der Waals surface area contributed by atoms with E-state index in [0.717, 1.165) is 31.7 Å². The highest BCUT2D eigenvalue weighted by molar-refractivity contribution is 9.10. The predicted molar refractivity (Wildman–Crippen MR) is 191 cm³/mol. The number of benzene rings is 6. The van der Waals surface area contributed by atoms with Crippen LogP contribution < -0.4 is 10.6 Å². The van der Waals surface area contributed by atoms with Gasteiger partial charge < -0.3 is 10.6 Å². The van der Waals surface area contributed by atoms with Crippen molar-refractivity contribution in [2.45, 2.75) is 0 Å². The first-order valence-electron chi connectivity index (χ1n) is 14.6. The third-order valence-electron chi connectivity index (χ3n) is 8.34. The largest absolute Gasteiger partial charge is 0.353 e. The number of anilines is 2. The summed E-state index contributed by atoms with van der Waals surface area (Å²) in [4.78, 5) is 0. The maximum absolute atomic E-state index is 3.93. The minimum atomic E-state index is 1.01. The van der Waals surface area contributed by atoms with Gasteiger partial charge in [0.25, 0.3) is 0 Å². The molecule has 8 rings (SSSR count). The Morgan fingerprint density at radius 3 is 0.841 bits per heavy atom. The molecule has 0 heterocycles. The molecule has 0 aromatic heterocycles. The molecule has 6 aromatic carbocycles. The normalized spacial score (nSPS) is 12.2. The summed E-state index contributed by atoms with van der Waals surface area (Å²) in [7, 11) is 0. The van der Waals surface area contributed by atoms with Crippen LogP contribution in [0, 0.1) is 0 Å². The van der Waals surface area contributed by atoms with Gasteiger partial charge in [0.15, 0.2) is 0 Å². The average Bonchev–Trinajstić information content (AvgIpc) is 3.58. The standard InChI is InChI=1S/C40H26Br2N2/c41-25-17-21-27(22-18-25)43-39(37-33-13-5-1-9-29(33)30-10-2-6-14-34(30)37)40(44-28-23-19-26(42)20-24-28)38-35-15-7-3-11-31(35)32-12-4-8-16-36(32)38/h1-24,43-44H. The number of halogens is 2. The van der Waals surface area contributed by atoms with Gasteiger partial charge in [0.2, 0.25) is 0 Å². The van der Waals surface area contributed by atoms with Crippen LogP contribution in [0.25, 0.3) is 33.4 Å². The second-order valence-corrected chi connectivity index (χ2v) is 12.8. The topological polar surface area (TPSA) is 24.1 Å². The number of nitrogens with one attached hydrogen (secondary N) is 2. The van der Waals surface area contributed by atoms with E-state index in [1.54, 1.807) is 0 Å². The molecule has 2 N–H and O–H groups in total. The molecule has 2 aliphatic carbocycles. The lowest BCUT2D eigenvalue weighted by molar-refractivity contribution is 1.33. The highest BCUT2D eigenvalue weighted by atomic mass is 79.9. The summed E-state index contributed by atoms with van der Waals surface area (Å²) in [5.41, 5.74) is 16.2. The van der Waals surface area contributed by atoms with E-state index >= 15 is 0 Å². The summed E-state index contributed by atoms with van der Waals surface area (Å²) in [6.07, 6.45) is 0. The Balaban J connectivity index is 1.50. The molecule has 2 aliphatic rings. The fraction of sp³-hybridized carbons (Fsp3) is 0. The SMILES string of the molecule is Brc1ccc(NC(C(Nc2ccc(Br)cc2)=C2c3ccccc3-c3ccccc32)=C2c3ccccc3-c3ccccc32)cc1. The molecule has 0 spiro atoms. The number of fused-ring (bicyclic) bond motifs is 6. The lowest BCUT2D eigenvalue weighted by Gasteiger charge is -2.24. The molecule has 6 aromatic rings. The zero-order valence-corrected chi connectivity index (χ0v) is 26.8. The first-order chi connectivity index (χ1) is 21.7. The Hall–Kier alpha value is -4.64. The minimum Gasteiger partial charge on any atom is -0.353 e. The smallest absolute Gasteiger partial charge is 0.0716 e. The zero-order chi connectivity index (χ0) is 29.6. The van der Waals surface area contributed by atoms with Gasteiger partial charge in [-0.25, -0.2) is 0 Å². The van der Waals surface area contributed by atoms with Gasteiger partial charge in [0.05, 0.1) is 11.4 Å². The molecule has 0 saturated heterocycles. The Morgan fingerprint density at radius 2 is 0.568 bits per heavy atom. The molecule has 0 aliphatic heterocycles. The van der Waals surface area contributed by atoms with Crippen LogP contribution in [0.15, 0.2) is 166 Å². The Kier molecular flexibility index (Phi) is 6.82. The average molecular weight is 694 g/mol. The lowest BCUT2D eigenvalue weighted by atomic mass is 9.94. The molecule has 0 atom stereocenters. The van der Waals surface area contributed by atoms with E-state index in [1.807, 2.05) is 0 Å². The summed E-state index contributed by atoms with van der Waals surface area (Å²) in [6.45, 7) is 0. The second-order valence-electron chi connectivity index (χ2n) is 10.9. The molecule has 0 unspecified atom stereocenters. The Bertz CT molecular complexity index is 1870. The van der Waals surface area contributed by atoms with Crippen LogP contribution in [-0.2, 0) is 0 Å². The van der Waals surface area contributed by atoms with E-state index in [9.17, 15) is 0 Å². The molecule has 0 saturated carbocycles. The molecular weight excluding hydrogens is 668 g/mol. The molecule has 210 valence electrons. The van der Waals surface area contributed by atoms with Crippen molar-refractivity contribution in [1.29, 1.82) is 0 Å². The van der Waals surface area contributed by atoms with Crippen molar-refractivity contribution >= 4 is 54.4 Å². The van der Waals surface area contributed by atoms with E-state index in [4.69, 9.17) is 0 Å². The predicted octanol–water partition coefficient (Wildman–Crippen LogP) is 11.6. The molecule has 0 fully saturated rings. The van der Waals surface area contributed by atoms with Gasteiger partial charge in [-0.05, 0) is 93.0 Å². The summed E-state index contributed by atoms with van der Waals surface area (Å²) >= 11 is 7.25.